The highest BCUT2D eigenvalue weighted by Gasteiger charge is 2.38. The SMILES string of the molecule is N#Cc1cccc(S(=O)(=O)N(CCC(=O)O)C2CC2)c1. The molecule has 0 aromatic heterocycles. The average molecular weight is 294 g/mol. The topological polar surface area (TPSA) is 98.5 Å². The van der Waals surface area contributed by atoms with Gasteiger partial charge in [-0.05, 0) is 31.0 Å². The second-order valence-electron chi connectivity index (χ2n) is 4.63. The van der Waals surface area contributed by atoms with E-state index < -0.39 is 16.0 Å². The first-order valence-electron chi connectivity index (χ1n) is 6.19. The average Bonchev–Trinajstić information content (AvgIpc) is 3.23. The van der Waals surface area contributed by atoms with E-state index >= 15 is 0 Å². The number of nitriles is 1. The molecule has 0 heterocycles. The van der Waals surface area contributed by atoms with Crippen molar-refractivity contribution in [3.63, 3.8) is 0 Å². The van der Waals surface area contributed by atoms with Gasteiger partial charge in [0.2, 0.25) is 10.0 Å². The fraction of sp³-hybridized carbons (Fsp3) is 0.385. The molecule has 0 radical (unpaired) electrons. The normalized spacial score (nSPS) is 15.0. The highest BCUT2D eigenvalue weighted by molar-refractivity contribution is 7.89. The number of benzene rings is 1. The van der Waals surface area contributed by atoms with E-state index in [0.29, 0.717) is 0 Å². The van der Waals surface area contributed by atoms with Gasteiger partial charge in [0.05, 0.1) is 22.9 Å². The van der Waals surface area contributed by atoms with Crippen LogP contribution in [0.25, 0.3) is 0 Å². The van der Waals surface area contributed by atoms with E-state index in [9.17, 15) is 13.2 Å². The molecule has 106 valence electrons. The molecule has 7 heteroatoms. The molecule has 1 aromatic carbocycles. The summed E-state index contributed by atoms with van der Waals surface area (Å²) in [6.45, 7) is -0.0425. The maximum absolute atomic E-state index is 12.5. The van der Waals surface area contributed by atoms with Crippen LogP contribution in [-0.2, 0) is 14.8 Å². The lowest BCUT2D eigenvalue weighted by molar-refractivity contribution is -0.137. The third-order valence-electron chi connectivity index (χ3n) is 3.07. The number of nitrogens with zero attached hydrogens (tertiary/aromatic N) is 2. The Balaban J connectivity index is 2.30. The summed E-state index contributed by atoms with van der Waals surface area (Å²) in [6.07, 6.45) is 1.27. The molecular weight excluding hydrogens is 280 g/mol. The van der Waals surface area contributed by atoms with Gasteiger partial charge in [0.25, 0.3) is 0 Å². The lowest BCUT2D eigenvalue weighted by atomic mass is 10.2. The van der Waals surface area contributed by atoms with E-state index in [4.69, 9.17) is 10.4 Å². The maximum atomic E-state index is 12.5. The molecule has 20 heavy (non-hydrogen) atoms. The highest BCUT2D eigenvalue weighted by Crippen LogP contribution is 2.32. The molecule has 1 fully saturated rings. The Kier molecular flexibility index (Phi) is 4.06. The van der Waals surface area contributed by atoms with Gasteiger partial charge in [-0.1, -0.05) is 6.07 Å². The largest absolute Gasteiger partial charge is 0.481 e. The van der Waals surface area contributed by atoms with Crippen molar-refractivity contribution in [1.29, 1.82) is 5.26 Å². The molecule has 0 amide bonds. The third kappa shape index (κ3) is 3.15. The van der Waals surface area contributed by atoms with Crippen LogP contribution < -0.4 is 0 Å². The summed E-state index contributed by atoms with van der Waals surface area (Å²) in [5.41, 5.74) is 0.264. The van der Waals surface area contributed by atoms with Crippen LogP contribution in [0.2, 0.25) is 0 Å². The zero-order valence-corrected chi connectivity index (χ0v) is 11.5. The van der Waals surface area contributed by atoms with Gasteiger partial charge in [0, 0.05) is 12.6 Å². The van der Waals surface area contributed by atoms with Gasteiger partial charge < -0.3 is 5.11 Å². The Hall–Kier alpha value is -1.91. The fourth-order valence-electron chi connectivity index (χ4n) is 1.93. The molecular formula is C13H14N2O4S. The number of carbonyl (C=O) groups is 1. The second kappa shape index (κ2) is 5.61. The van der Waals surface area contributed by atoms with E-state index in [1.807, 2.05) is 6.07 Å². The van der Waals surface area contributed by atoms with Gasteiger partial charge in [0.1, 0.15) is 0 Å². The number of carboxylic acids is 1. The smallest absolute Gasteiger partial charge is 0.304 e. The van der Waals surface area contributed by atoms with Gasteiger partial charge in [-0.25, -0.2) is 8.42 Å². The van der Waals surface area contributed by atoms with Crippen molar-refractivity contribution in [2.24, 2.45) is 0 Å². The fourth-order valence-corrected chi connectivity index (χ4v) is 3.66. The van der Waals surface area contributed by atoms with Gasteiger partial charge in [0.15, 0.2) is 0 Å². The lowest BCUT2D eigenvalue weighted by Gasteiger charge is -2.21. The monoisotopic (exact) mass is 294 g/mol. The summed E-state index contributed by atoms with van der Waals surface area (Å²) in [6, 6.07) is 7.54. The number of hydrogen-bond donors (Lipinski definition) is 1. The molecule has 1 saturated carbocycles. The summed E-state index contributed by atoms with van der Waals surface area (Å²) in [7, 11) is -3.75. The van der Waals surface area contributed by atoms with E-state index in [2.05, 4.69) is 0 Å². The minimum atomic E-state index is -3.75. The van der Waals surface area contributed by atoms with Crippen molar-refractivity contribution in [3.8, 4) is 6.07 Å². The highest BCUT2D eigenvalue weighted by atomic mass is 32.2. The molecule has 1 aromatic rings. The molecule has 0 spiro atoms. The van der Waals surface area contributed by atoms with Gasteiger partial charge in [-0.2, -0.15) is 9.57 Å². The van der Waals surface area contributed by atoms with Crippen LogP contribution in [0, 0.1) is 11.3 Å². The van der Waals surface area contributed by atoms with Crippen molar-refractivity contribution in [2.45, 2.75) is 30.2 Å². The van der Waals surface area contributed by atoms with Crippen molar-refractivity contribution in [1.82, 2.24) is 4.31 Å². The van der Waals surface area contributed by atoms with Gasteiger partial charge in [-0.15, -0.1) is 0 Å². The summed E-state index contributed by atoms with van der Waals surface area (Å²) in [5.74, 6) is -1.03. The van der Waals surface area contributed by atoms with Crippen molar-refractivity contribution in [3.05, 3.63) is 29.8 Å². The summed E-state index contributed by atoms with van der Waals surface area (Å²) in [4.78, 5) is 10.7. The molecule has 6 nitrogen and oxygen atoms in total. The molecule has 0 atom stereocenters. The molecule has 2 rings (SSSR count). The Morgan fingerprint density at radius 2 is 2.15 bits per heavy atom. The molecule has 0 bridgehead atoms. The molecule has 1 aliphatic carbocycles. The van der Waals surface area contributed by atoms with E-state index in [0.717, 1.165) is 12.8 Å². The minimum absolute atomic E-state index is 0.0360. The van der Waals surface area contributed by atoms with Crippen molar-refractivity contribution >= 4 is 16.0 Å². The quantitative estimate of drug-likeness (QED) is 0.849. The van der Waals surface area contributed by atoms with Crippen molar-refractivity contribution in [2.75, 3.05) is 6.54 Å². The summed E-state index contributed by atoms with van der Waals surface area (Å²) in [5, 5.41) is 17.5. The number of aliphatic carboxylic acids is 1. The van der Waals surface area contributed by atoms with E-state index in [-0.39, 0.29) is 29.5 Å². The Labute approximate surface area is 117 Å². The van der Waals surface area contributed by atoms with Gasteiger partial charge >= 0.3 is 5.97 Å². The van der Waals surface area contributed by atoms with Crippen LogP contribution in [0.4, 0.5) is 0 Å². The zero-order chi connectivity index (χ0) is 14.8. The first kappa shape index (κ1) is 14.5. The third-order valence-corrected chi connectivity index (χ3v) is 5.02. The number of sulfonamides is 1. The molecule has 0 aliphatic heterocycles. The molecule has 0 unspecified atom stereocenters. The van der Waals surface area contributed by atoms with Crippen LogP contribution in [0.1, 0.15) is 24.8 Å². The minimum Gasteiger partial charge on any atom is -0.481 e. The van der Waals surface area contributed by atoms with Gasteiger partial charge in [-0.3, -0.25) is 4.79 Å². The molecule has 0 saturated heterocycles. The van der Waals surface area contributed by atoms with Crippen LogP contribution in [-0.4, -0.2) is 36.4 Å². The van der Waals surface area contributed by atoms with Crippen LogP contribution in [0.5, 0.6) is 0 Å². The Morgan fingerprint density at radius 1 is 1.45 bits per heavy atom. The van der Waals surface area contributed by atoms with Crippen LogP contribution in [0.15, 0.2) is 29.2 Å². The maximum Gasteiger partial charge on any atom is 0.304 e. The van der Waals surface area contributed by atoms with E-state index in [1.54, 1.807) is 0 Å². The first-order chi connectivity index (χ1) is 9.45. The van der Waals surface area contributed by atoms with Crippen LogP contribution in [0.3, 0.4) is 0 Å². The van der Waals surface area contributed by atoms with E-state index in [1.165, 1.54) is 28.6 Å². The zero-order valence-electron chi connectivity index (χ0n) is 10.7. The van der Waals surface area contributed by atoms with Crippen molar-refractivity contribution < 1.29 is 18.3 Å². The second-order valence-corrected chi connectivity index (χ2v) is 6.52. The standard InChI is InChI=1S/C13H14N2O4S/c14-9-10-2-1-3-12(8-10)20(18,19)15(11-4-5-11)7-6-13(16)17/h1-3,8,11H,4-7H2,(H,16,17). The number of hydrogen-bond acceptors (Lipinski definition) is 4. The summed E-state index contributed by atoms with van der Waals surface area (Å²) >= 11 is 0. The Bertz CT molecular complexity index is 659. The van der Waals surface area contributed by atoms with Crippen LogP contribution >= 0.6 is 0 Å². The first-order valence-corrected chi connectivity index (χ1v) is 7.63. The Morgan fingerprint density at radius 3 is 2.70 bits per heavy atom. The lowest BCUT2D eigenvalue weighted by Crippen LogP contribution is -2.35. The molecule has 1 N–H and O–H groups in total. The predicted molar refractivity (Wildman–Crippen MR) is 70.3 cm³/mol. The molecule has 1 aliphatic rings. The summed E-state index contributed by atoms with van der Waals surface area (Å²) < 4.78 is 26.3. The predicted octanol–water partition coefficient (Wildman–Crippen LogP) is 1.19. The number of rotatable bonds is 6. The number of carboxylic acid groups (broad SMARTS) is 1.